The summed E-state index contributed by atoms with van der Waals surface area (Å²) in [6, 6.07) is 8.63. The number of alkyl carbamates (subject to hydrolysis) is 1. The molecule has 0 aliphatic carbocycles. The lowest BCUT2D eigenvalue weighted by Crippen LogP contribution is -2.45. The van der Waals surface area contributed by atoms with Crippen LogP contribution in [0.15, 0.2) is 30.3 Å². The summed E-state index contributed by atoms with van der Waals surface area (Å²) in [6.07, 6.45) is 1.31. The van der Waals surface area contributed by atoms with E-state index in [1.165, 1.54) is 0 Å². The zero-order valence-corrected chi connectivity index (χ0v) is 12.3. The van der Waals surface area contributed by atoms with Gasteiger partial charge < -0.3 is 21.1 Å². The smallest absolute Gasteiger partial charge is 0.407 e. The topological polar surface area (TPSA) is 93.5 Å². The summed E-state index contributed by atoms with van der Waals surface area (Å²) in [5, 5.41) is 5.29. The van der Waals surface area contributed by atoms with E-state index in [1.54, 1.807) is 0 Å². The average Bonchev–Trinajstić information content (AvgIpc) is 2.51. The quantitative estimate of drug-likeness (QED) is 0.627. The van der Waals surface area contributed by atoms with Gasteiger partial charge in [-0.1, -0.05) is 43.7 Å². The van der Waals surface area contributed by atoms with Crippen LogP contribution in [0, 0.1) is 0 Å². The Balaban J connectivity index is 2.18. The number of hydrogen-bond acceptors (Lipinski definition) is 4. The molecule has 0 unspecified atom stereocenters. The molecule has 6 heteroatoms. The predicted octanol–water partition coefficient (Wildman–Crippen LogP) is 1.16. The Hall–Kier alpha value is -2.08. The van der Waals surface area contributed by atoms with Crippen molar-refractivity contribution in [2.75, 3.05) is 13.2 Å². The molecule has 0 spiro atoms. The lowest BCUT2D eigenvalue weighted by Gasteiger charge is -2.13. The summed E-state index contributed by atoms with van der Waals surface area (Å²) in [6.45, 7) is 2.85. The summed E-state index contributed by atoms with van der Waals surface area (Å²) in [5.74, 6) is -0.306. The molecule has 0 heterocycles. The van der Waals surface area contributed by atoms with Crippen molar-refractivity contribution >= 4 is 12.0 Å². The molecule has 0 bridgehead atoms. The third kappa shape index (κ3) is 7.31. The summed E-state index contributed by atoms with van der Waals surface area (Å²) in [4.78, 5) is 23.0. The van der Waals surface area contributed by atoms with Gasteiger partial charge in [-0.05, 0) is 12.0 Å². The molecule has 0 aromatic heterocycles. The molecule has 0 radical (unpaired) electrons. The fourth-order valence-electron chi connectivity index (χ4n) is 1.58. The Morgan fingerprint density at radius 1 is 1.24 bits per heavy atom. The first-order valence-corrected chi connectivity index (χ1v) is 7.11. The van der Waals surface area contributed by atoms with E-state index < -0.39 is 12.1 Å². The highest BCUT2D eigenvalue weighted by Gasteiger charge is 2.15. The van der Waals surface area contributed by atoms with Crippen molar-refractivity contribution in [3.63, 3.8) is 0 Å². The minimum absolute atomic E-state index is 0.140. The van der Waals surface area contributed by atoms with E-state index in [4.69, 9.17) is 10.5 Å². The largest absolute Gasteiger partial charge is 0.447 e. The highest BCUT2D eigenvalue weighted by molar-refractivity contribution is 5.81. The van der Waals surface area contributed by atoms with E-state index in [1.807, 2.05) is 37.3 Å². The van der Waals surface area contributed by atoms with Crippen molar-refractivity contribution in [2.45, 2.75) is 32.4 Å². The second kappa shape index (κ2) is 9.77. The minimum Gasteiger partial charge on any atom is -0.447 e. The summed E-state index contributed by atoms with van der Waals surface area (Å²) >= 11 is 0. The first kappa shape index (κ1) is 17.0. The molecule has 2 amide bonds. The second-order valence-corrected chi connectivity index (χ2v) is 4.69. The van der Waals surface area contributed by atoms with Crippen LogP contribution in [0.5, 0.6) is 0 Å². The molecule has 116 valence electrons. The van der Waals surface area contributed by atoms with Crippen LogP contribution in [0.25, 0.3) is 0 Å². The molecule has 0 aliphatic heterocycles. The van der Waals surface area contributed by atoms with Crippen molar-refractivity contribution in [2.24, 2.45) is 5.73 Å². The zero-order chi connectivity index (χ0) is 15.5. The van der Waals surface area contributed by atoms with Crippen LogP contribution in [-0.2, 0) is 16.1 Å². The van der Waals surface area contributed by atoms with Crippen molar-refractivity contribution in [3.05, 3.63) is 35.9 Å². The molecule has 6 nitrogen and oxygen atoms in total. The summed E-state index contributed by atoms with van der Waals surface area (Å²) in [7, 11) is 0. The number of nitrogens with one attached hydrogen (secondary N) is 2. The molecular weight excluding hydrogens is 270 g/mol. The number of nitrogens with two attached hydrogens (primary N) is 1. The Labute approximate surface area is 125 Å². The minimum atomic E-state index is -0.843. The van der Waals surface area contributed by atoms with E-state index in [0.717, 1.165) is 18.4 Å². The second-order valence-electron chi connectivity index (χ2n) is 4.69. The van der Waals surface area contributed by atoms with Crippen molar-refractivity contribution in [1.29, 1.82) is 0 Å². The molecule has 21 heavy (non-hydrogen) atoms. The number of unbranched alkanes of at least 4 members (excludes halogenated alkanes) is 1. The molecule has 0 saturated carbocycles. The number of carbonyl (C=O) groups excluding carboxylic acids is 2. The van der Waals surface area contributed by atoms with Crippen LogP contribution in [-0.4, -0.2) is 31.2 Å². The van der Waals surface area contributed by atoms with Crippen molar-refractivity contribution in [3.8, 4) is 0 Å². The van der Waals surface area contributed by atoms with Gasteiger partial charge >= 0.3 is 6.09 Å². The number of hydrogen-bond donors (Lipinski definition) is 3. The van der Waals surface area contributed by atoms with Gasteiger partial charge in [-0.3, -0.25) is 4.79 Å². The molecular formula is C15H23N3O3. The number of carbonyl (C=O) groups is 2. The molecule has 0 saturated heterocycles. The average molecular weight is 293 g/mol. The van der Waals surface area contributed by atoms with Gasteiger partial charge in [0.1, 0.15) is 12.6 Å². The maximum Gasteiger partial charge on any atom is 0.407 e. The van der Waals surface area contributed by atoms with E-state index >= 15 is 0 Å². The zero-order valence-electron chi connectivity index (χ0n) is 12.3. The van der Waals surface area contributed by atoms with Crippen LogP contribution >= 0.6 is 0 Å². The number of amides is 2. The molecule has 1 rings (SSSR count). The predicted molar refractivity (Wildman–Crippen MR) is 80.5 cm³/mol. The highest BCUT2D eigenvalue weighted by atomic mass is 16.5. The van der Waals surface area contributed by atoms with Gasteiger partial charge in [-0.15, -0.1) is 0 Å². The fourth-order valence-corrected chi connectivity index (χ4v) is 1.58. The van der Waals surface area contributed by atoms with Crippen LogP contribution in [0.1, 0.15) is 25.3 Å². The van der Waals surface area contributed by atoms with Crippen LogP contribution in [0.2, 0.25) is 0 Å². The normalized spacial score (nSPS) is 11.5. The highest BCUT2D eigenvalue weighted by Crippen LogP contribution is 1.97. The van der Waals surface area contributed by atoms with Gasteiger partial charge in [0.05, 0.1) is 0 Å². The molecule has 0 fully saturated rings. The van der Waals surface area contributed by atoms with Crippen molar-refractivity contribution in [1.82, 2.24) is 10.6 Å². The fraction of sp³-hybridized carbons (Fsp3) is 0.467. The maximum atomic E-state index is 11.6. The van der Waals surface area contributed by atoms with Gasteiger partial charge in [0.25, 0.3) is 0 Å². The van der Waals surface area contributed by atoms with Gasteiger partial charge in [0, 0.05) is 13.1 Å². The lowest BCUT2D eigenvalue weighted by molar-refractivity contribution is -0.123. The standard InChI is InChI=1S/C15H23N3O3/c1-2-3-9-17-14(19)13(16)11-21-15(20)18-10-12-7-5-4-6-8-12/h4-8,13H,2-3,9-11,16H2,1H3,(H,17,19)(H,18,20)/t13-/m0/s1. The van der Waals surface area contributed by atoms with E-state index in [9.17, 15) is 9.59 Å². The summed E-state index contributed by atoms with van der Waals surface area (Å²) in [5.41, 5.74) is 6.61. The molecule has 4 N–H and O–H groups in total. The maximum absolute atomic E-state index is 11.6. The summed E-state index contributed by atoms with van der Waals surface area (Å²) < 4.78 is 4.92. The molecule has 1 aromatic rings. The van der Waals surface area contributed by atoms with E-state index in [0.29, 0.717) is 13.1 Å². The number of benzene rings is 1. The van der Waals surface area contributed by atoms with E-state index in [2.05, 4.69) is 10.6 Å². The van der Waals surface area contributed by atoms with Gasteiger partial charge in [0.2, 0.25) is 5.91 Å². The Morgan fingerprint density at radius 3 is 2.62 bits per heavy atom. The number of ether oxygens (including phenoxy) is 1. The molecule has 1 atom stereocenters. The van der Waals surface area contributed by atoms with Crippen LogP contribution < -0.4 is 16.4 Å². The molecule has 1 aromatic carbocycles. The monoisotopic (exact) mass is 293 g/mol. The third-order valence-corrected chi connectivity index (χ3v) is 2.84. The van der Waals surface area contributed by atoms with Crippen LogP contribution in [0.3, 0.4) is 0 Å². The first-order chi connectivity index (χ1) is 10.1. The Bertz CT molecular complexity index is 437. The van der Waals surface area contributed by atoms with Gasteiger partial charge in [0.15, 0.2) is 0 Å². The Kier molecular flexibility index (Phi) is 7.89. The molecule has 0 aliphatic rings. The van der Waals surface area contributed by atoms with Crippen LogP contribution in [0.4, 0.5) is 4.79 Å². The SMILES string of the molecule is CCCCNC(=O)[C@@H](N)COC(=O)NCc1ccccc1. The lowest BCUT2D eigenvalue weighted by atomic mass is 10.2. The third-order valence-electron chi connectivity index (χ3n) is 2.84. The Morgan fingerprint density at radius 2 is 1.95 bits per heavy atom. The number of rotatable bonds is 8. The van der Waals surface area contributed by atoms with Gasteiger partial charge in [-0.25, -0.2) is 4.79 Å². The van der Waals surface area contributed by atoms with E-state index in [-0.39, 0.29) is 12.5 Å². The van der Waals surface area contributed by atoms with Gasteiger partial charge in [-0.2, -0.15) is 0 Å². The first-order valence-electron chi connectivity index (χ1n) is 7.11. The van der Waals surface area contributed by atoms with Crippen molar-refractivity contribution < 1.29 is 14.3 Å².